The van der Waals surface area contributed by atoms with Crippen LogP contribution in [0, 0.1) is 0 Å². The van der Waals surface area contributed by atoms with Crippen LogP contribution in [0.25, 0.3) is 0 Å². The van der Waals surface area contributed by atoms with Gasteiger partial charge in [-0.05, 0) is 6.92 Å². The average Bonchev–Trinajstić information content (AvgIpc) is 2.33. The third-order valence-electron chi connectivity index (χ3n) is 1.46. The van der Waals surface area contributed by atoms with Crippen LogP contribution in [0.5, 0.6) is 0 Å². The molecule has 0 saturated heterocycles. The van der Waals surface area contributed by atoms with E-state index in [4.69, 9.17) is 5.11 Å². The molecule has 0 fully saturated rings. The normalized spacial score (nSPS) is 13.9. The standard InChI is InChI=1S/C8H13NOS/c1-5(2)8-9-7(4-11-8)6(3)10/h4-6,10H,1-3H3/t6-/m0/s1. The van der Waals surface area contributed by atoms with Gasteiger partial charge in [-0.25, -0.2) is 4.98 Å². The van der Waals surface area contributed by atoms with Gasteiger partial charge in [-0.15, -0.1) is 11.3 Å². The Morgan fingerprint density at radius 3 is 2.36 bits per heavy atom. The molecule has 1 rings (SSSR count). The van der Waals surface area contributed by atoms with E-state index in [0.29, 0.717) is 5.92 Å². The largest absolute Gasteiger partial charge is 0.387 e. The van der Waals surface area contributed by atoms with E-state index in [2.05, 4.69) is 18.8 Å². The molecule has 62 valence electrons. The molecule has 2 nitrogen and oxygen atoms in total. The summed E-state index contributed by atoms with van der Waals surface area (Å²) in [5.41, 5.74) is 0.790. The van der Waals surface area contributed by atoms with Crippen molar-refractivity contribution in [1.29, 1.82) is 0 Å². The second kappa shape index (κ2) is 3.32. The van der Waals surface area contributed by atoms with Gasteiger partial charge >= 0.3 is 0 Å². The second-order valence-corrected chi connectivity index (χ2v) is 3.83. The van der Waals surface area contributed by atoms with Crippen molar-refractivity contribution in [3.63, 3.8) is 0 Å². The molecule has 0 aliphatic carbocycles. The molecular weight excluding hydrogens is 158 g/mol. The van der Waals surface area contributed by atoms with Crippen LogP contribution in [0.3, 0.4) is 0 Å². The van der Waals surface area contributed by atoms with E-state index in [9.17, 15) is 0 Å². The minimum atomic E-state index is -0.432. The van der Waals surface area contributed by atoms with Gasteiger partial charge in [-0.2, -0.15) is 0 Å². The highest BCUT2D eigenvalue weighted by Gasteiger charge is 2.08. The van der Waals surface area contributed by atoms with E-state index in [1.54, 1.807) is 18.3 Å². The summed E-state index contributed by atoms with van der Waals surface area (Å²) < 4.78 is 0. The fraction of sp³-hybridized carbons (Fsp3) is 0.625. The van der Waals surface area contributed by atoms with Crippen LogP contribution in [-0.2, 0) is 0 Å². The number of hydrogen-bond acceptors (Lipinski definition) is 3. The fourth-order valence-corrected chi connectivity index (χ4v) is 1.68. The van der Waals surface area contributed by atoms with Crippen LogP contribution in [-0.4, -0.2) is 10.1 Å². The van der Waals surface area contributed by atoms with Crippen molar-refractivity contribution in [3.05, 3.63) is 16.1 Å². The van der Waals surface area contributed by atoms with Gasteiger partial charge in [-0.3, -0.25) is 0 Å². The van der Waals surface area contributed by atoms with Gasteiger partial charge in [0.15, 0.2) is 0 Å². The van der Waals surface area contributed by atoms with E-state index in [1.807, 2.05) is 5.38 Å². The summed E-state index contributed by atoms with van der Waals surface area (Å²) in [5, 5.41) is 12.2. The molecular formula is C8H13NOS. The van der Waals surface area contributed by atoms with Crippen molar-refractivity contribution >= 4 is 11.3 Å². The Labute approximate surface area is 70.9 Å². The predicted molar refractivity (Wildman–Crippen MR) is 46.8 cm³/mol. The predicted octanol–water partition coefficient (Wildman–Crippen LogP) is 2.32. The minimum absolute atomic E-state index is 0.432. The Balaban J connectivity index is 2.82. The van der Waals surface area contributed by atoms with Gasteiger partial charge in [-0.1, -0.05) is 13.8 Å². The first-order valence-electron chi connectivity index (χ1n) is 3.74. The Hall–Kier alpha value is -0.410. The number of aromatic nitrogens is 1. The van der Waals surface area contributed by atoms with Crippen molar-refractivity contribution < 1.29 is 5.11 Å². The summed E-state index contributed by atoms with van der Waals surface area (Å²) in [6, 6.07) is 0. The SMILES string of the molecule is CC(C)c1nc([C@H](C)O)cs1. The van der Waals surface area contributed by atoms with E-state index >= 15 is 0 Å². The quantitative estimate of drug-likeness (QED) is 0.740. The lowest BCUT2D eigenvalue weighted by Gasteiger charge is -1.98. The third-order valence-corrected chi connectivity index (χ3v) is 2.63. The number of thiazole rings is 1. The van der Waals surface area contributed by atoms with Gasteiger partial charge < -0.3 is 5.11 Å². The van der Waals surface area contributed by atoms with Crippen molar-refractivity contribution in [2.75, 3.05) is 0 Å². The molecule has 0 saturated carbocycles. The smallest absolute Gasteiger partial charge is 0.0954 e. The van der Waals surface area contributed by atoms with Crippen LogP contribution < -0.4 is 0 Å². The summed E-state index contributed by atoms with van der Waals surface area (Å²) >= 11 is 1.61. The molecule has 11 heavy (non-hydrogen) atoms. The van der Waals surface area contributed by atoms with Gasteiger partial charge in [0.1, 0.15) is 0 Å². The summed E-state index contributed by atoms with van der Waals surface area (Å²) in [7, 11) is 0. The molecule has 1 N–H and O–H groups in total. The molecule has 3 heteroatoms. The number of aliphatic hydroxyl groups excluding tert-OH is 1. The fourth-order valence-electron chi connectivity index (χ4n) is 0.758. The molecule has 1 aromatic rings. The molecule has 0 aliphatic heterocycles. The van der Waals surface area contributed by atoms with Crippen LogP contribution in [0.1, 0.15) is 43.5 Å². The van der Waals surface area contributed by atoms with E-state index < -0.39 is 6.10 Å². The number of nitrogens with zero attached hydrogens (tertiary/aromatic N) is 1. The molecule has 1 heterocycles. The lowest BCUT2D eigenvalue weighted by molar-refractivity contribution is 0.195. The Kier molecular flexibility index (Phi) is 2.62. The molecule has 0 aromatic carbocycles. The summed E-state index contributed by atoms with van der Waals surface area (Å²) in [5.74, 6) is 0.465. The molecule has 0 bridgehead atoms. The van der Waals surface area contributed by atoms with Crippen LogP contribution in [0.4, 0.5) is 0 Å². The van der Waals surface area contributed by atoms with Gasteiger partial charge in [0.05, 0.1) is 16.8 Å². The topological polar surface area (TPSA) is 33.1 Å². The Morgan fingerprint density at radius 1 is 1.45 bits per heavy atom. The minimum Gasteiger partial charge on any atom is -0.387 e. The highest BCUT2D eigenvalue weighted by atomic mass is 32.1. The summed E-state index contributed by atoms with van der Waals surface area (Å²) in [4.78, 5) is 4.28. The lowest BCUT2D eigenvalue weighted by atomic mass is 10.2. The van der Waals surface area contributed by atoms with Crippen LogP contribution in [0.2, 0.25) is 0 Å². The van der Waals surface area contributed by atoms with Crippen molar-refractivity contribution in [1.82, 2.24) is 4.98 Å². The number of rotatable bonds is 2. The molecule has 0 radical (unpaired) electrons. The zero-order valence-corrected chi connectivity index (χ0v) is 7.85. The van der Waals surface area contributed by atoms with Crippen molar-refractivity contribution in [2.24, 2.45) is 0 Å². The van der Waals surface area contributed by atoms with E-state index in [1.165, 1.54) is 0 Å². The zero-order chi connectivity index (χ0) is 8.43. The second-order valence-electron chi connectivity index (χ2n) is 2.94. The third kappa shape index (κ3) is 2.01. The van der Waals surface area contributed by atoms with Crippen LogP contribution >= 0.6 is 11.3 Å². The monoisotopic (exact) mass is 171 g/mol. The first-order valence-corrected chi connectivity index (χ1v) is 4.62. The molecule has 1 aromatic heterocycles. The lowest BCUT2D eigenvalue weighted by Crippen LogP contribution is -1.92. The average molecular weight is 171 g/mol. The number of aliphatic hydroxyl groups is 1. The highest BCUT2D eigenvalue weighted by molar-refractivity contribution is 7.09. The Bertz CT molecular complexity index is 207. The summed E-state index contributed by atoms with van der Waals surface area (Å²) in [6.45, 7) is 5.94. The molecule has 0 amide bonds. The maximum atomic E-state index is 9.16. The van der Waals surface area contributed by atoms with Crippen LogP contribution in [0.15, 0.2) is 5.38 Å². The highest BCUT2D eigenvalue weighted by Crippen LogP contribution is 2.22. The molecule has 0 spiro atoms. The van der Waals surface area contributed by atoms with Crippen molar-refractivity contribution in [3.8, 4) is 0 Å². The first kappa shape index (κ1) is 8.68. The maximum absolute atomic E-state index is 9.16. The summed E-state index contributed by atoms with van der Waals surface area (Å²) in [6.07, 6.45) is -0.432. The van der Waals surface area contributed by atoms with Crippen molar-refractivity contribution in [2.45, 2.75) is 32.8 Å². The van der Waals surface area contributed by atoms with Gasteiger partial charge in [0, 0.05) is 11.3 Å². The Morgan fingerprint density at radius 2 is 2.09 bits per heavy atom. The first-order chi connectivity index (χ1) is 5.11. The van der Waals surface area contributed by atoms with Gasteiger partial charge in [0.25, 0.3) is 0 Å². The molecule has 0 unspecified atom stereocenters. The molecule has 0 aliphatic rings. The maximum Gasteiger partial charge on any atom is 0.0954 e. The zero-order valence-electron chi connectivity index (χ0n) is 7.03. The number of hydrogen-bond donors (Lipinski definition) is 1. The van der Waals surface area contributed by atoms with E-state index in [-0.39, 0.29) is 0 Å². The molecule has 1 atom stereocenters. The van der Waals surface area contributed by atoms with Gasteiger partial charge in [0.2, 0.25) is 0 Å². The van der Waals surface area contributed by atoms with E-state index in [0.717, 1.165) is 10.7 Å².